The first-order valence-corrected chi connectivity index (χ1v) is 8.73. The maximum absolute atomic E-state index is 12.0. The molecule has 0 radical (unpaired) electrons. The van der Waals surface area contributed by atoms with Gasteiger partial charge in [0.2, 0.25) is 0 Å². The molecule has 0 spiro atoms. The molecule has 3 nitrogen and oxygen atoms in total. The molecule has 0 aromatic heterocycles. The van der Waals surface area contributed by atoms with E-state index in [2.05, 4.69) is 4.72 Å². The highest BCUT2D eigenvalue weighted by molar-refractivity contribution is 8.57. The molecule has 5 heteroatoms. The fraction of sp³-hybridized carbons (Fsp3) is 0.364. The molecular weight excluding hydrogens is 241 g/mol. The van der Waals surface area contributed by atoms with Crippen LogP contribution in [0.15, 0.2) is 30.3 Å². The van der Waals surface area contributed by atoms with E-state index in [9.17, 15) is 9.36 Å². The average Bonchev–Trinajstić information content (AvgIpc) is 2.36. The van der Waals surface area contributed by atoms with Gasteiger partial charge >= 0.3 is 0 Å². The second-order valence-corrected chi connectivity index (χ2v) is 9.16. The van der Waals surface area contributed by atoms with Crippen molar-refractivity contribution < 1.29 is 9.36 Å². The minimum Gasteiger partial charge on any atom is -0.310 e. The molecule has 0 aliphatic carbocycles. The van der Waals surface area contributed by atoms with Gasteiger partial charge < -0.3 is 4.57 Å². The van der Waals surface area contributed by atoms with Gasteiger partial charge in [0.05, 0.1) is 0 Å². The van der Waals surface area contributed by atoms with Gasteiger partial charge in [0.15, 0.2) is 6.34 Å². The van der Waals surface area contributed by atoms with Crippen LogP contribution in [-0.4, -0.2) is 18.2 Å². The van der Waals surface area contributed by atoms with E-state index < -0.39 is 6.34 Å². The van der Waals surface area contributed by atoms with Crippen LogP contribution >= 0.6 is 17.9 Å². The highest BCUT2D eigenvalue weighted by Crippen LogP contribution is 2.56. The van der Waals surface area contributed by atoms with Crippen molar-refractivity contribution in [3.63, 3.8) is 0 Å². The summed E-state index contributed by atoms with van der Waals surface area (Å²) in [4.78, 5) is 11.7. The lowest BCUT2D eigenvalue weighted by atomic mass is 10.2. The fourth-order valence-electron chi connectivity index (χ4n) is 1.13. The van der Waals surface area contributed by atoms with E-state index in [1.807, 2.05) is 19.9 Å². The van der Waals surface area contributed by atoms with Crippen molar-refractivity contribution in [2.45, 2.75) is 13.8 Å². The third-order valence-corrected chi connectivity index (χ3v) is 7.66. The maximum Gasteiger partial charge on any atom is 0.261 e. The predicted octanol–water partition coefficient (Wildman–Crippen LogP) is 3.38. The van der Waals surface area contributed by atoms with Gasteiger partial charge in [0.25, 0.3) is 5.91 Å². The van der Waals surface area contributed by atoms with Gasteiger partial charge in [0.1, 0.15) is 0 Å². The molecule has 0 atom stereocenters. The van der Waals surface area contributed by atoms with E-state index in [1.54, 1.807) is 24.3 Å². The maximum atomic E-state index is 12.0. The standard InChI is InChI=1S/C11H16NO2PS/c1-3-15(14,4-2)16-12-11(13)10-8-6-5-7-9-10/h5-9H,3-4H2,1-2H3,(H,12,13). The normalized spacial score (nSPS) is 11.1. The molecule has 0 aliphatic rings. The van der Waals surface area contributed by atoms with E-state index in [0.29, 0.717) is 17.9 Å². The van der Waals surface area contributed by atoms with Crippen LogP contribution in [0.2, 0.25) is 0 Å². The summed E-state index contributed by atoms with van der Waals surface area (Å²) in [7, 11) is 0. The van der Waals surface area contributed by atoms with Crippen molar-refractivity contribution >= 4 is 23.8 Å². The van der Waals surface area contributed by atoms with E-state index in [1.165, 1.54) is 0 Å². The highest BCUT2D eigenvalue weighted by Gasteiger charge is 2.19. The van der Waals surface area contributed by atoms with Crippen molar-refractivity contribution in [1.29, 1.82) is 0 Å². The number of carbonyl (C=O) groups is 1. The Hall–Kier alpha value is -0.730. The van der Waals surface area contributed by atoms with Gasteiger partial charge in [0, 0.05) is 29.5 Å². The van der Waals surface area contributed by atoms with Crippen LogP contribution in [0.1, 0.15) is 24.2 Å². The summed E-state index contributed by atoms with van der Waals surface area (Å²) in [6.07, 6.45) is -1.07. The molecule has 1 rings (SSSR count). The van der Waals surface area contributed by atoms with Gasteiger partial charge in [-0.05, 0) is 12.1 Å². The second-order valence-electron chi connectivity index (χ2n) is 3.34. The zero-order valence-electron chi connectivity index (χ0n) is 9.47. The largest absolute Gasteiger partial charge is 0.310 e. The Morgan fingerprint density at radius 1 is 1.25 bits per heavy atom. The van der Waals surface area contributed by atoms with Crippen molar-refractivity contribution in [2.75, 3.05) is 12.3 Å². The monoisotopic (exact) mass is 257 g/mol. The lowest BCUT2D eigenvalue weighted by Gasteiger charge is -2.13. The SMILES string of the molecule is CCP(=O)(CC)SNC(=O)c1ccccc1. The quantitative estimate of drug-likeness (QED) is 0.649. The Balaban J connectivity index is 2.57. The van der Waals surface area contributed by atoms with Gasteiger partial charge in [-0.1, -0.05) is 32.0 Å². The highest BCUT2D eigenvalue weighted by atomic mass is 32.7. The van der Waals surface area contributed by atoms with Crippen LogP contribution in [0, 0.1) is 0 Å². The summed E-state index contributed by atoms with van der Waals surface area (Å²) in [6, 6.07) is 8.93. The van der Waals surface area contributed by atoms with Crippen LogP contribution < -0.4 is 4.72 Å². The zero-order valence-corrected chi connectivity index (χ0v) is 11.2. The molecule has 1 N–H and O–H groups in total. The van der Waals surface area contributed by atoms with Gasteiger partial charge in [-0.25, -0.2) is 0 Å². The molecule has 0 bridgehead atoms. The van der Waals surface area contributed by atoms with E-state index in [0.717, 1.165) is 11.6 Å². The Morgan fingerprint density at radius 2 is 1.81 bits per heavy atom. The number of amides is 1. The van der Waals surface area contributed by atoms with E-state index in [4.69, 9.17) is 0 Å². The first kappa shape index (κ1) is 13.3. The zero-order chi connectivity index (χ0) is 12.0. The van der Waals surface area contributed by atoms with E-state index in [-0.39, 0.29) is 5.91 Å². The molecule has 0 unspecified atom stereocenters. The number of hydrogen-bond acceptors (Lipinski definition) is 3. The molecule has 1 aromatic carbocycles. The molecule has 0 aliphatic heterocycles. The second kappa shape index (κ2) is 6.12. The van der Waals surface area contributed by atoms with Crippen molar-refractivity contribution in [1.82, 2.24) is 4.72 Å². The number of benzene rings is 1. The summed E-state index contributed by atoms with van der Waals surface area (Å²) < 4.78 is 14.7. The number of nitrogens with one attached hydrogen (secondary N) is 1. The van der Waals surface area contributed by atoms with Gasteiger partial charge in [-0.15, -0.1) is 0 Å². The summed E-state index contributed by atoms with van der Waals surface area (Å²) in [5.41, 5.74) is 0.591. The molecule has 16 heavy (non-hydrogen) atoms. The molecule has 0 saturated carbocycles. The van der Waals surface area contributed by atoms with E-state index >= 15 is 0 Å². The predicted molar refractivity (Wildman–Crippen MR) is 70.2 cm³/mol. The summed E-state index contributed by atoms with van der Waals surface area (Å²) in [5.74, 6) is -0.187. The summed E-state index contributed by atoms with van der Waals surface area (Å²) in [6.45, 7) is 3.76. The van der Waals surface area contributed by atoms with Gasteiger partial charge in [-0.3, -0.25) is 9.52 Å². The third kappa shape index (κ3) is 3.69. The number of carbonyl (C=O) groups excluding carboxylic acids is 1. The van der Waals surface area contributed by atoms with Crippen LogP contribution in [0.3, 0.4) is 0 Å². The summed E-state index contributed by atoms with van der Waals surface area (Å²) >= 11 is 1.08. The molecule has 0 saturated heterocycles. The van der Waals surface area contributed by atoms with Crippen LogP contribution in [0.4, 0.5) is 0 Å². The molecule has 1 aromatic rings. The first-order chi connectivity index (χ1) is 7.61. The molecular formula is C11H16NO2PS. The number of rotatable bonds is 5. The molecule has 1 amide bonds. The minimum atomic E-state index is -2.27. The smallest absolute Gasteiger partial charge is 0.261 e. The van der Waals surface area contributed by atoms with Gasteiger partial charge in [-0.2, -0.15) is 0 Å². The Bertz CT molecular complexity index is 386. The number of hydrogen-bond donors (Lipinski definition) is 1. The van der Waals surface area contributed by atoms with Crippen LogP contribution in [-0.2, 0) is 4.57 Å². The topological polar surface area (TPSA) is 46.2 Å². The fourth-order valence-corrected chi connectivity index (χ4v) is 3.72. The van der Waals surface area contributed by atoms with Crippen molar-refractivity contribution in [3.05, 3.63) is 35.9 Å². The van der Waals surface area contributed by atoms with Crippen molar-refractivity contribution in [2.24, 2.45) is 0 Å². The first-order valence-electron chi connectivity index (χ1n) is 5.23. The minimum absolute atomic E-state index is 0.187. The molecule has 0 heterocycles. The average molecular weight is 257 g/mol. The lowest BCUT2D eigenvalue weighted by Crippen LogP contribution is -2.15. The lowest BCUT2D eigenvalue weighted by molar-refractivity contribution is 0.0984. The Labute approximate surface area is 100 Å². The third-order valence-electron chi connectivity index (χ3n) is 2.30. The molecule has 0 fully saturated rings. The Morgan fingerprint density at radius 3 is 2.31 bits per heavy atom. The van der Waals surface area contributed by atoms with Crippen molar-refractivity contribution in [3.8, 4) is 0 Å². The summed E-state index contributed by atoms with van der Waals surface area (Å²) in [5, 5.41) is 0. The molecule has 88 valence electrons. The van der Waals surface area contributed by atoms with Crippen LogP contribution in [0.25, 0.3) is 0 Å². The Kier molecular flexibility index (Phi) is 5.10. The van der Waals surface area contributed by atoms with Crippen LogP contribution in [0.5, 0.6) is 0 Å².